The van der Waals surface area contributed by atoms with Crippen molar-refractivity contribution in [2.24, 2.45) is 0 Å². The van der Waals surface area contributed by atoms with E-state index in [-0.39, 0.29) is 5.91 Å². The van der Waals surface area contributed by atoms with Crippen molar-refractivity contribution >= 4 is 5.91 Å². The third kappa shape index (κ3) is 3.52. The Hall–Kier alpha value is -1.65. The van der Waals surface area contributed by atoms with Crippen LogP contribution < -0.4 is 5.32 Å². The summed E-state index contributed by atoms with van der Waals surface area (Å²) in [5, 5.41) is 11.6. The summed E-state index contributed by atoms with van der Waals surface area (Å²) in [5.41, 5.74) is 0.968. The predicted molar refractivity (Wildman–Crippen MR) is 80.8 cm³/mol. The Kier molecular flexibility index (Phi) is 4.68. The number of hydrogen-bond donors (Lipinski definition) is 1. The van der Waals surface area contributed by atoms with Crippen LogP contribution in [0.1, 0.15) is 56.6 Å². The van der Waals surface area contributed by atoms with E-state index >= 15 is 0 Å². The maximum Gasteiger partial charge on any atom is 0.246 e. The molecule has 0 unspecified atom stereocenters. The number of aromatic nitrogens is 3. The van der Waals surface area contributed by atoms with Gasteiger partial charge in [-0.15, -0.1) is 10.2 Å². The van der Waals surface area contributed by atoms with E-state index in [1.807, 2.05) is 0 Å². The summed E-state index contributed by atoms with van der Waals surface area (Å²) >= 11 is 0. The molecule has 114 valence electrons. The van der Waals surface area contributed by atoms with Crippen LogP contribution in [0.3, 0.4) is 0 Å². The van der Waals surface area contributed by atoms with E-state index in [1.165, 1.54) is 25.7 Å². The monoisotopic (exact) mass is 288 g/mol. The van der Waals surface area contributed by atoms with Crippen LogP contribution in [0.4, 0.5) is 0 Å². The van der Waals surface area contributed by atoms with Gasteiger partial charge in [0.15, 0.2) is 0 Å². The first-order valence-corrected chi connectivity index (χ1v) is 8.23. The van der Waals surface area contributed by atoms with Gasteiger partial charge in [0.1, 0.15) is 11.6 Å². The average Bonchev–Trinajstić information content (AvgIpc) is 2.74. The van der Waals surface area contributed by atoms with Crippen LogP contribution in [0.2, 0.25) is 0 Å². The molecule has 0 aromatic carbocycles. The molecule has 1 N–H and O–H groups in total. The number of nitrogens with one attached hydrogen (secondary N) is 1. The SMILES string of the molecule is O=C(NCCc1nnc2n1CCCC2)C1=CCCCCC1. The van der Waals surface area contributed by atoms with E-state index in [2.05, 4.69) is 26.2 Å². The molecule has 1 aliphatic carbocycles. The summed E-state index contributed by atoms with van der Waals surface area (Å²) in [6, 6.07) is 0. The lowest BCUT2D eigenvalue weighted by molar-refractivity contribution is -0.117. The van der Waals surface area contributed by atoms with Crippen LogP contribution in [0.5, 0.6) is 0 Å². The smallest absolute Gasteiger partial charge is 0.246 e. The molecule has 2 aliphatic rings. The fourth-order valence-electron chi connectivity index (χ4n) is 3.18. The van der Waals surface area contributed by atoms with Gasteiger partial charge in [0, 0.05) is 31.5 Å². The Morgan fingerprint density at radius 2 is 2.05 bits per heavy atom. The Bertz CT molecular complexity index is 532. The number of hydrogen-bond acceptors (Lipinski definition) is 3. The van der Waals surface area contributed by atoms with Gasteiger partial charge in [0.05, 0.1) is 0 Å². The summed E-state index contributed by atoms with van der Waals surface area (Å²) < 4.78 is 2.22. The molecule has 21 heavy (non-hydrogen) atoms. The third-order valence-corrected chi connectivity index (χ3v) is 4.40. The van der Waals surface area contributed by atoms with Crippen molar-refractivity contribution < 1.29 is 4.79 Å². The number of carbonyl (C=O) groups is 1. The molecule has 5 heteroatoms. The Morgan fingerprint density at radius 3 is 3.00 bits per heavy atom. The van der Waals surface area contributed by atoms with Crippen molar-refractivity contribution in [3.05, 3.63) is 23.3 Å². The Morgan fingerprint density at radius 1 is 1.14 bits per heavy atom. The van der Waals surface area contributed by atoms with Gasteiger partial charge in [0.25, 0.3) is 0 Å². The van der Waals surface area contributed by atoms with Gasteiger partial charge in [-0.05, 0) is 38.5 Å². The Balaban J connectivity index is 1.50. The summed E-state index contributed by atoms with van der Waals surface area (Å²) in [6.45, 7) is 1.67. The van der Waals surface area contributed by atoms with E-state index < -0.39 is 0 Å². The highest BCUT2D eigenvalue weighted by Gasteiger charge is 2.16. The highest BCUT2D eigenvalue weighted by Crippen LogP contribution is 2.17. The molecule has 0 saturated carbocycles. The molecule has 1 amide bonds. The molecular weight excluding hydrogens is 264 g/mol. The second-order valence-electron chi connectivity index (χ2n) is 5.98. The number of aryl methyl sites for hydroxylation is 1. The largest absolute Gasteiger partial charge is 0.352 e. The molecule has 2 heterocycles. The lowest BCUT2D eigenvalue weighted by Crippen LogP contribution is -2.28. The van der Waals surface area contributed by atoms with Gasteiger partial charge in [-0.1, -0.05) is 12.5 Å². The molecule has 0 bridgehead atoms. The summed E-state index contributed by atoms with van der Waals surface area (Å²) in [4.78, 5) is 12.1. The van der Waals surface area contributed by atoms with Gasteiger partial charge >= 0.3 is 0 Å². The number of nitrogens with zero attached hydrogens (tertiary/aromatic N) is 3. The van der Waals surface area contributed by atoms with E-state index in [0.717, 1.165) is 55.9 Å². The number of rotatable bonds is 4. The molecular formula is C16H24N4O. The van der Waals surface area contributed by atoms with Crippen LogP contribution >= 0.6 is 0 Å². The quantitative estimate of drug-likeness (QED) is 0.923. The zero-order valence-electron chi connectivity index (χ0n) is 12.6. The zero-order chi connectivity index (χ0) is 14.5. The Labute approximate surface area is 125 Å². The van der Waals surface area contributed by atoms with E-state index in [4.69, 9.17) is 0 Å². The third-order valence-electron chi connectivity index (χ3n) is 4.40. The lowest BCUT2D eigenvalue weighted by Gasteiger charge is -2.14. The van der Waals surface area contributed by atoms with Crippen LogP contribution in [0.25, 0.3) is 0 Å². The second kappa shape index (κ2) is 6.87. The van der Waals surface area contributed by atoms with Crippen LogP contribution in [-0.2, 0) is 24.2 Å². The molecule has 0 spiro atoms. The van der Waals surface area contributed by atoms with Gasteiger partial charge in [-0.3, -0.25) is 4.79 Å². The van der Waals surface area contributed by atoms with Gasteiger partial charge in [0.2, 0.25) is 5.91 Å². The summed E-state index contributed by atoms with van der Waals surface area (Å²) in [6.07, 6.45) is 11.9. The summed E-state index contributed by atoms with van der Waals surface area (Å²) in [5.74, 6) is 2.23. The first-order valence-electron chi connectivity index (χ1n) is 8.23. The van der Waals surface area contributed by atoms with Crippen molar-refractivity contribution in [1.82, 2.24) is 20.1 Å². The fourth-order valence-corrected chi connectivity index (χ4v) is 3.18. The van der Waals surface area contributed by atoms with Crippen LogP contribution in [-0.4, -0.2) is 27.2 Å². The average molecular weight is 288 g/mol. The van der Waals surface area contributed by atoms with E-state index in [9.17, 15) is 4.79 Å². The minimum absolute atomic E-state index is 0.107. The highest BCUT2D eigenvalue weighted by molar-refractivity contribution is 5.93. The van der Waals surface area contributed by atoms with Gasteiger partial charge in [-0.25, -0.2) is 0 Å². The van der Waals surface area contributed by atoms with Crippen molar-refractivity contribution in [1.29, 1.82) is 0 Å². The maximum atomic E-state index is 12.1. The molecule has 1 aromatic heterocycles. The number of carbonyl (C=O) groups excluding carboxylic acids is 1. The summed E-state index contributed by atoms with van der Waals surface area (Å²) in [7, 11) is 0. The van der Waals surface area contributed by atoms with Gasteiger partial charge in [-0.2, -0.15) is 0 Å². The minimum Gasteiger partial charge on any atom is -0.352 e. The molecule has 0 radical (unpaired) electrons. The molecule has 5 nitrogen and oxygen atoms in total. The standard InChI is InChI=1S/C16H24N4O/c21-16(13-7-3-1-2-4-8-13)17-11-10-15-19-18-14-9-5-6-12-20(14)15/h7H,1-6,8-12H2,(H,17,21). The van der Waals surface area contributed by atoms with Crippen LogP contribution in [0.15, 0.2) is 11.6 Å². The van der Waals surface area contributed by atoms with Crippen molar-refractivity contribution in [2.75, 3.05) is 6.54 Å². The lowest BCUT2D eigenvalue weighted by atomic mass is 10.1. The van der Waals surface area contributed by atoms with E-state index in [1.54, 1.807) is 0 Å². The molecule has 0 saturated heterocycles. The van der Waals surface area contributed by atoms with E-state index in [0.29, 0.717) is 6.54 Å². The van der Waals surface area contributed by atoms with Gasteiger partial charge < -0.3 is 9.88 Å². The van der Waals surface area contributed by atoms with Crippen LogP contribution in [0, 0.1) is 0 Å². The number of amides is 1. The first kappa shape index (κ1) is 14.3. The molecule has 1 aliphatic heterocycles. The highest BCUT2D eigenvalue weighted by atomic mass is 16.1. The normalized spacial score (nSPS) is 18.6. The van der Waals surface area contributed by atoms with Crippen molar-refractivity contribution in [3.63, 3.8) is 0 Å². The molecule has 1 aromatic rings. The fraction of sp³-hybridized carbons (Fsp3) is 0.688. The van der Waals surface area contributed by atoms with Crippen molar-refractivity contribution in [2.45, 2.75) is 64.3 Å². The van der Waals surface area contributed by atoms with Crippen molar-refractivity contribution in [3.8, 4) is 0 Å². The topological polar surface area (TPSA) is 59.8 Å². The number of allylic oxidation sites excluding steroid dienone is 1. The second-order valence-corrected chi connectivity index (χ2v) is 5.98. The maximum absolute atomic E-state index is 12.1. The molecule has 3 rings (SSSR count). The predicted octanol–water partition coefficient (Wildman–Crippen LogP) is 2.16. The number of fused-ring (bicyclic) bond motifs is 1. The molecule has 0 atom stereocenters. The zero-order valence-corrected chi connectivity index (χ0v) is 12.6. The first-order chi connectivity index (χ1) is 10.3. The minimum atomic E-state index is 0.107. The molecule has 0 fully saturated rings.